The van der Waals surface area contributed by atoms with Crippen LogP contribution in [0.2, 0.25) is 0 Å². The van der Waals surface area contributed by atoms with Crippen molar-refractivity contribution in [1.29, 1.82) is 0 Å². The Hall–Kier alpha value is -1.72. The Bertz CT molecular complexity index is 379. The monoisotopic (exact) mass is 203 g/mol. The highest BCUT2D eigenvalue weighted by Gasteiger charge is 2.18. The quantitative estimate of drug-likeness (QED) is 0.767. The van der Waals surface area contributed by atoms with Crippen molar-refractivity contribution in [1.82, 2.24) is 4.98 Å². The molecule has 1 aromatic heterocycles. The molecule has 0 saturated heterocycles. The van der Waals surface area contributed by atoms with Crippen molar-refractivity contribution in [3.63, 3.8) is 0 Å². The van der Waals surface area contributed by atoms with E-state index in [0.717, 1.165) is 6.07 Å². The summed E-state index contributed by atoms with van der Waals surface area (Å²) in [5, 5.41) is 17.6. The first kappa shape index (κ1) is 10.4. The van der Waals surface area contributed by atoms with Crippen molar-refractivity contribution in [3.8, 4) is 5.75 Å². The average Bonchev–Trinajstić information content (AvgIpc) is 2.07. The largest absolute Gasteiger partial charge is 0.505 e. The van der Waals surface area contributed by atoms with Crippen LogP contribution in [-0.4, -0.2) is 21.2 Å². The van der Waals surface area contributed by atoms with Gasteiger partial charge in [0, 0.05) is 11.3 Å². The van der Waals surface area contributed by atoms with Crippen molar-refractivity contribution in [2.75, 3.05) is 0 Å². The number of aryl methyl sites for hydroxylation is 1. The molecule has 0 unspecified atom stereocenters. The molecule has 0 aliphatic rings. The van der Waals surface area contributed by atoms with E-state index in [1.165, 1.54) is 6.92 Å². The van der Waals surface area contributed by atoms with Crippen LogP contribution in [0.4, 0.5) is 8.78 Å². The van der Waals surface area contributed by atoms with Gasteiger partial charge in [-0.25, -0.2) is 18.6 Å². The normalized spacial score (nSPS) is 10.6. The molecule has 1 heterocycles. The predicted molar refractivity (Wildman–Crippen MR) is 42.6 cm³/mol. The predicted octanol–water partition coefficient (Wildman–Crippen LogP) is 1.73. The molecule has 14 heavy (non-hydrogen) atoms. The highest BCUT2D eigenvalue weighted by molar-refractivity contribution is 5.88. The molecule has 0 spiro atoms. The number of aromatic carboxylic acids is 1. The SMILES string of the molecule is Cc1nc(C(=O)O)c(O)cc1C(F)F. The molecule has 0 fully saturated rings. The van der Waals surface area contributed by atoms with E-state index in [1.54, 1.807) is 0 Å². The number of aromatic nitrogens is 1. The van der Waals surface area contributed by atoms with Crippen molar-refractivity contribution in [3.05, 3.63) is 23.0 Å². The average molecular weight is 203 g/mol. The molecular formula is C8H7F2NO3. The fraction of sp³-hybridized carbons (Fsp3) is 0.250. The minimum atomic E-state index is -2.78. The highest BCUT2D eigenvalue weighted by Crippen LogP contribution is 2.26. The van der Waals surface area contributed by atoms with E-state index < -0.39 is 29.4 Å². The molecule has 6 heteroatoms. The van der Waals surface area contributed by atoms with Gasteiger partial charge in [0.05, 0.1) is 0 Å². The van der Waals surface area contributed by atoms with Crippen LogP contribution in [0.15, 0.2) is 6.07 Å². The van der Waals surface area contributed by atoms with Crippen molar-refractivity contribution in [2.24, 2.45) is 0 Å². The van der Waals surface area contributed by atoms with E-state index in [9.17, 15) is 13.6 Å². The molecule has 2 N–H and O–H groups in total. The number of hydrogen-bond acceptors (Lipinski definition) is 3. The minimum absolute atomic E-state index is 0.102. The topological polar surface area (TPSA) is 70.4 Å². The summed E-state index contributed by atoms with van der Waals surface area (Å²) in [6.45, 7) is 1.26. The standard InChI is InChI=1S/C8H7F2NO3/c1-3-4(7(9)10)2-5(12)6(11-3)8(13)14/h2,7,12H,1H3,(H,13,14). The van der Waals surface area contributed by atoms with Crippen LogP contribution in [0.3, 0.4) is 0 Å². The number of hydrogen-bond donors (Lipinski definition) is 2. The van der Waals surface area contributed by atoms with Crippen LogP contribution < -0.4 is 0 Å². The Morgan fingerprint density at radius 3 is 2.57 bits per heavy atom. The fourth-order valence-corrected chi connectivity index (χ4v) is 0.988. The zero-order valence-electron chi connectivity index (χ0n) is 7.16. The first-order valence-corrected chi connectivity index (χ1v) is 3.65. The summed E-state index contributed by atoms with van der Waals surface area (Å²) >= 11 is 0. The highest BCUT2D eigenvalue weighted by atomic mass is 19.3. The number of aromatic hydroxyl groups is 1. The first-order chi connectivity index (χ1) is 6.43. The van der Waals surface area contributed by atoms with Gasteiger partial charge in [-0.15, -0.1) is 0 Å². The van der Waals surface area contributed by atoms with Gasteiger partial charge in [-0.05, 0) is 13.0 Å². The lowest BCUT2D eigenvalue weighted by atomic mass is 10.2. The minimum Gasteiger partial charge on any atom is -0.505 e. The Morgan fingerprint density at radius 2 is 2.14 bits per heavy atom. The second-order valence-electron chi connectivity index (χ2n) is 2.64. The lowest BCUT2D eigenvalue weighted by Gasteiger charge is -2.06. The smallest absolute Gasteiger partial charge is 0.358 e. The molecule has 1 aromatic rings. The maximum absolute atomic E-state index is 12.2. The molecular weight excluding hydrogens is 196 g/mol. The molecule has 0 amide bonds. The maximum atomic E-state index is 12.2. The maximum Gasteiger partial charge on any atom is 0.358 e. The van der Waals surface area contributed by atoms with Gasteiger partial charge in [0.25, 0.3) is 6.43 Å². The summed E-state index contributed by atoms with van der Waals surface area (Å²) in [5.41, 5.74) is -1.19. The fourth-order valence-electron chi connectivity index (χ4n) is 0.988. The van der Waals surface area contributed by atoms with E-state index in [0.29, 0.717) is 0 Å². The number of carboxylic acids is 1. The van der Waals surface area contributed by atoms with Gasteiger partial charge in [0.15, 0.2) is 5.69 Å². The number of halogens is 2. The van der Waals surface area contributed by atoms with E-state index in [2.05, 4.69) is 4.98 Å². The number of nitrogens with zero attached hydrogens (tertiary/aromatic N) is 1. The van der Waals surface area contributed by atoms with Gasteiger partial charge in [0.2, 0.25) is 0 Å². The molecule has 4 nitrogen and oxygen atoms in total. The number of carbonyl (C=O) groups is 1. The summed E-state index contributed by atoms with van der Waals surface area (Å²) in [7, 11) is 0. The van der Waals surface area contributed by atoms with Crippen LogP contribution in [0.5, 0.6) is 5.75 Å². The van der Waals surface area contributed by atoms with Gasteiger partial charge in [0.1, 0.15) is 5.75 Å². The third-order valence-electron chi connectivity index (χ3n) is 1.67. The molecule has 0 atom stereocenters. The zero-order valence-corrected chi connectivity index (χ0v) is 7.16. The Labute approximate surface area is 77.8 Å². The molecule has 0 bridgehead atoms. The van der Waals surface area contributed by atoms with E-state index in [-0.39, 0.29) is 5.69 Å². The molecule has 1 rings (SSSR count). The van der Waals surface area contributed by atoms with Crippen LogP contribution in [0.25, 0.3) is 0 Å². The number of rotatable bonds is 2. The summed E-state index contributed by atoms with van der Waals surface area (Å²) in [4.78, 5) is 13.8. The third-order valence-corrected chi connectivity index (χ3v) is 1.67. The number of pyridine rings is 1. The van der Waals surface area contributed by atoms with Crippen LogP contribution in [-0.2, 0) is 0 Å². The van der Waals surface area contributed by atoms with Crippen LogP contribution in [0, 0.1) is 6.92 Å². The van der Waals surface area contributed by atoms with Gasteiger partial charge in [-0.2, -0.15) is 0 Å². The molecule has 0 saturated carbocycles. The van der Waals surface area contributed by atoms with E-state index in [1.807, 2.05) is 0 Å². The molecule has 0 aliphatic heterocycles. The van der Waals surface area contributed by atoms with Crippen molar-refractivity contribution < 1.29 is 23.8 Å². The molecule has 76 valence electrons. The van der Waals surface area contributed by atoms with Gasteiger partial charge in [-0.3, -0.25) is 0 Å². The Kier molecular flexibility index (Phi) is 2.64. The Morgan fingerprint density at radius 1 is 1.57 bits per heavy atom. The lowest BCUT2D eigenvalue weighted by molar-refractivity contribution is 0.0685. The second kappa shape index (κ2) is 3.57. The third kappa shape index (κ3) is 1.78. The summed E-state index contributed by atoms with van der Waals surface area (Å²) < 4.78 is 24.5. The second-order valence-corrected chi connectivity index (χ2v) is 2.64. The summed E-state index contributed by atoms with van der Waals surface area (Å²) in [6.07, 6.45) is -2.78. The molecule has 0 radical (unpaired) electrons. The summed E-state index contributed by atoms with van der Waals surface area (Å²) in [5.74, 6) is -2.20. The van der Waals surface area contributed by atoms with Crippen molar-refractivity contribution in [2.45, 2.75) is 13.3 Å². The van der Waals surface area contributed by atoms with Crippen LogP contribution >= 0.6 is 0 Å². The van der Waals surface area contributed by atoms with Gasteiger partial charge < -0.3 is 10.2 Å². The lowest BCUT2D eigenvalue weighted by Crippen LogP contribution is -2.04. The summed E-state index contributed by atoms with van der Waals surface area (Å²) in [6, 6.07) is 0.719. The van der Waals surface area contributed by atoms with Crippen LogP contribution in [0.1, 0.15) is 28.2 Å². The number of alkyl halides is 2. The first-order valence-electron chi connectivity index (χ1n) is 3.65. The molecule has 0 aromatic carbocycles. The van der Waals surface area contributed by atoms with Gasteiger partial charge >= 0.3 is 5.97 Å². The number of carboxylic acid groups (broad SMARTS) is 1. The Balaban J connectivity index is 3.31. The van der Waals surface area contributed by atoms with Crippen molar-refractivity contribution >= 4 is 5.97 Å². The van der Waals surface area contributed by atoms with Gasteiger partial charge in [-0.1, -0.05) is 0 Å². The zero-order chi connectivity index (χ0) is 10.9. The molecule has 0 aliphatic carbocycles. The van der Waals surface area contributed by atoms with E-state index in [4.69, 9.17) is 10.2 Å². The van der Waals surface area contributed by atoms with E-state index >= 15 is 0 Å².